The molecule has 9 heteroatoms. The number of benzene rings is 1. The van der Waals surface area contributed by atoms with Gasteiger partial charge in [0.2, 0.25) is 0 Å². The normalized spacial score (nSPS) is 15.2. The van der Waals surface area contributed by atoms with Crippen LogP contribution < -0.4 is 10.2 Å². The Kier molecular flexibility index (Phi) is 4.30. The summed E-state index contributed by atoms with van der Waals surface area (Å²) < 4.78 is 28.6. The number of halogens is 2. The number of hydrogen-bond donors (Lipinski definition) is 4. The van der Waals surface area contributed by atoms with Crippen molar-refractivity contribution in [3.8, 4) is 17.1 Å². The monoisotopic (exact) mass is 423 g/mol. The van der Waals surface area contributed by atoms with E-state index >= 15 is 0 Å². The predicted octanol–water partition coefficient (Wildman–Crippen LogP) is 3.92. The zero-order valence-electron chi connectivity index (χ0n) is 16.5. The summed E-state index contributed by atoms with van der Waals surface area (Å²) in [5.74, 6) is -1.11. The van der Waals surface area contributed by atoms with E-state index in [9.17, 15) is 19.0 Å². The van der Waals surface area contributed by atoms with Gasteiger partial charge in [-0.1, -0.05) is 6.07 Å². The number of H-pyrrole nitrogens is 1. The number of nitrogens with one attached hydrogen (secondary N) is 2. The Bertz CT molecular complexity index is 1260. The average molecular weight is 423 g/mol. The number of nitrogens with zero attached hydrogens (tertiary/aromatic N) is 3. The highest BCUT2D eigenvalue weighted by Gasteiger charge is 2.36. The van der Waals surface area contributed by atoms with Crippen LogP contribution in [0, 0.1) is 11.6 Å². The molecule has 1 fully saturated rings. The zero-order valence-corrected chi connectivity index (χ0v) is 16.5. The Morgan fingerprint density at radius 2 is 1.90 bits per heavy atom. The lowest BCUT2D eigenvalue weighted by atomic mass is 9.96. The molecule has 1 aromatic carbocycles. The van der Waals surface area contributed by atoms with Gasteiger partial charge in [-0.05, 0) is 37.3 Å². The third-order valence-corrected chi connectivity index (χ3v) is 5.29. The molecule has 0 saturated carbocycles. The molecule has 3 aromatic heterocycles. The minimum absolute atomic E-state index is 0.0871. The molecule has 4 aromatic rings. The number of pyridine rings is 2. The first-order valence-corrected chi connectivity index (χ1v) is 9.67. The lowest BCUT2D eigenvalue weighted by molar-refractivity contribution is 0.0310. The van der Waals surface area contributed by atoms with Crippen molar-refractivity contribution in [2.45, 2.75) is 12.5 Å². The second-order valence-electron chi connectivity index (χ2n) is 7.93. The maximum atomic E-state index is 14.3. The van der Waals surface area contributed by atoms with Crippen molar-refractivity contribution in [3.05, 3.63) is 60.4 Å². The molecule has 0 aliphatic carbocycles. The van der Waals surface area contributed by atoms with E-state index in [1.807, 2.05) is 11.0 Å². The molecule has 0 unspecified atom stereocenters. The molecule has 4 N–H and O–H groups in total. The number of rotatable bonds is 4. The Hall–Kier alpha value is -3.72. The smallest absolute Gasteiger partial charge is 0.200 e. The molecule has 1 aliphatic heterocycles. The van der Waals surface area contributed by atoms with Gasteiger partial charge < -0.3 is 25.4 Å². The van der Waals surface area contributed by atoms with Gasteiger partial charge >= 0.3 is 0 Å². The lowest BCUT2D eigenvalue weighted by Crippen LogP contribution is -2.60. The van der Waals surface area contributed by atoms with Crippen LogP contribution in [0.1, 0.15) is 6.92 Å². The minimum atomic E-state index is -0.731. The summed E-state index contributed by atoms with van der Waals surface area (Å²) in [6, 6.07) is 8.70. The Labute approximate surface area is 176 Å². The van der Waals surface area contributed by atoms with Crippen LogP contribution in [-0.2, 0) is 0 Å². The topological polar surface area (TPSA) is 97.3 Å². The number of hydrogen-bond acceptors (Lipinski definition) is 6. The number of aliphatic hydroxyl groups is 1. The van der Waals surface area contributed by atoms with E-state index < -0.39 is 17.2 Å². The summed E-state index contributed by atoms with van der Waals surface area (Å²) in [6.07, 6.45) is 3.13. The van der Waals surface area contributed by atoms with Crippen molar-refractivity contribution in [1.82, 2.24) is 15.0 Å². The Morgan fingerprint density at radius 3 is 2.55 bits per heavy atom. The fourth-order valence-corrected chi connectivity index (χ4v) is 3.84. The molecule has 5 rings (SSSR count). The molecule has 0 bridgehead atoms. The van der Waals surface area contributed by atoms with Gasteiger partial charge in [-0.15, -0.1) is 0 Å². The van der Waals surface area contributed by atoms with Crippen LogP contribution in [0.25, 0.3) is 22.2 Å². The molecule has 31 heavy (non-hydrogen) atoms. The molecular formula is C22H19F2N5O2. The number of aromatic amines is 1. The van der Waals surface area contributed by atoms with Gasteiger partial charge in [-0.25, -0.2) is 18.7 Å². The fourth-order valence-electron chi connectivity index (χ4n) is 3.84. The first-order chi connectivity index (χ1) is 14.8. The summed E-state index contributed by atoms with van der Waals surface area (Å²) in [7, 11) is 0. The average Bonchev–Trinajstić information content (AvgIpc) is 3.08. The molecule has 4 heterocycles. The van der Waals surface area contributed by atoms with E-state index in [4.69, 9.17) is 0 Å². The third-order valence-electron chi connectivity index (χ3n) is 5.29. The van der Waals surface area contributed by atoms with Crippen molar-refractivity contribution >= 4 is 28.1 Å². The van der Waals surface area contributed by atoms with Crippen molar-refractivity contribution in [3.63, 3.8) is 0 Å². The second-order valence-corrected chi connectivity index (χ2v) is 7.93. The Morgan fingerprint density at radius 1 is 1.16 bits per heavy atom. The largest absolute Gasteiger partial charge is 0.494 e. The SMILES string of the molecule is CC1(O)CN(c2ccc(Nc3cc(-c4c(F)cccc4F)nc4c[nH]c(O)c34)nc2)C1. The van der Waals surface area contributed by atoms with Crippen molar-refractivity contribution in [1.29, 1.82) is 0 Å². The maximum Gasteiger partial charge on any atom is 0.200 e. The predicted molar refractivity (Wildman–Crippen MR) is 113 cm³/mol. The number of aromatic nitrogens is 3. The highest BCUT2D eigenvalue weighted by molar-refractivity contribution is 5.99. The zero-order chi connectivity index (χ0) is 21.8. The van der Waals surface area contributed by atoms with E-state index in [0.717, 1.165) is 5.69 Å². The number of anilines is 3. The number of aromatic hydroxyl groups is 1. The number of β-amino-alcohol motifs (C(OH)–C–C–N with tert-alkyl or cyclic N) is 1. The van der Waals surface area contributed by atoms with Crippen molar-refractivity contribution < 1.29 is 19.0 Å². The quantitative estimate of drug-likeness (QED) is 0.397. The van der Waals surface area contributed by atoms with Gasteiger partial charge in [0.05, 0.1) is 45.3 Å². The molecule has 0 spiro atoms. The number of fused-ring (bicyclic) bond motifs is 1. The van der Waals surface area contributed by atoms with Crippen molar-refractivity contribution in [2.24, 2.45) is 0 Å². The standard InChI is InChI=1S/C22H19F2N5O2/c1-22(31)10-29(11-22)12-5-6-18(25-8-12)28-16-7-15(19-13(23)3-2-4-14(19)24)27-17-9-26-21(30)20(16)17/h2-9,26,30-31H,10-11H2,1H3,(H,25,28). The second kappa shape index (κ2) is 6.92. The molecule has 0 atom stereocenters. The van der Waals surface area contributed by atoms with Gasteiger partial charge in [0.1, 0.15) is 17.5 Å². The van der Waals surface area contributed by atoms with Gasteiger partial charge in [-0.2, -0.15) is 0 Å². The van der Waals surface area contributed by atoms with Crippen LogP contribution in [0.15, 0.2) is 48.8 Å². The van der Waals surface area contributed by atoms with Gasteiger partial charge in [0, 0.05) is 19.3 Å². The maximum absolute atomic E-state index is 14.3. The third kappa shape index (κ3) is 3.42. The van der Waals surface area contributed by atoms with Crippen LogP contribution in [0.4, 0.5) is 26.0 Å². The summed E-state index contributed by atoms with van der Waals surface area (Å²) >= 11 is 0. The molecule has 0 amide bonds. The molecule has 0 radical (unpaired) electrons. The van der Waals surface area contributed by atoms with Crippen LogP contribution in [-0.4, -0.2) is 43.9 Å². The first-order valence-electron chi connectivity index (χ1n) is 9.67. The molecule has 1 aliphatic rings. The summed E-state index contributed by atoms with van der Waals surface area (Å²) in [5.41, 5.74) is 0.762. The van der Waals surface area contributed by atoms with Gasteiger partial charge in [-0.3, -0.25) is 0 Å². The van der Waals surface area contributed by atoms with Gasteiger partial charge in [0.25, 0.3) is 0 Å². The molecule has 158 valence electrons. The summed E-state index contributed by atoms with van der Waals surface area (Å²) in [6.45, 7) is 2.84. The highest BCUT2D eigenvalue weighted by atomic mass is 19.1. The van der Waals surface area contributed by atoms with E-state index in [0.29, 0.717) is 35.5 Å². The highest BCUT2D eigenvalue weighted by Crippen LogP contribution is 2.36. The molecule has 1 saturated heterocycles. The minimum Gasteiger partial charge on any atom is -0.494 e. The van der Waals surface area contributed by atoms with Crippen molar-refractivity contribution in [2.75, 3.05) is 23.3 Å². The summed E-state index contributed by atoms with van der Waals surface area (Å²) in [4.78, 5) is 13.4. The van der Waals surface area contributed by atoms with Crippen LogP contribution >= 0.6 is 0 Å². The summed E-state index contributed by atoms with van der Waals surface area (Å²) in [5, 5.41) is 23.6. The van der Waals surface area contributed by atoms with E-state index in [2.05, 4.69) is 20.3 Å². The molecule has 7 nitrogen and oxygen atoms in total. The van der Waals surface area contributed by atoms with Gasteiger partial charge in [0.15, 0.2) is 5.88 Å². The lowest BCUT2D eigenvalue weighted by Gasteiger charge is -2.45. The van der Waals surface area contributed by atoms with E-state index in [1.54, 1.807) is 19.2 Å². The Balaban J connectivity index is 1.51. The van der Waals surface area contributed by atoms with E-state index in [1.165, 1.54) is 30.5 Å². The van der Waals surface area contributed by atoms with Crippen LogP contribution in [0.5, 0.6) is 5.88 Å². The van der Waals surface area contributed by atoms with Crippen LogP contribution in [0.2, 0.25) is 0 Å². The fraction of sp³-hybridized carbons (Fsp3) is 0.182. The van der Waals surface area contributed by atoms with Crippen LogP contribution in [0.3, 0.4) is 0 Å². The van der Waals surface area contributed by atoms with E-state index in [-0.39, 0.29) is 17.1 Å². The molecular weight excluding hydrogens is 404 g/mol. The first kappa shape index (κ1) is 19.3.